The third-order valence-electron chi connectivity index (χ3n) is 4.10. The SMILES string of the molecule is CCCCNC(=O)c1ccc(CN=C(N)Nc2ccc(CC)cc2)cc1. The Balaban J connectivity index is 1.87. The molecule has 26 heavy (non-hydrogen) atoms. The first-order valence-electron chi connectivity index (χ1n) is 9.15. The van der Waals surface area contributed by atoms with Crippen LogP contribution in [0.25, 0.3) is 0 Å². The number of unbranched alkanes of at least 4 members (excludes halogenated alkanes) is 1. The van der Waals surface area contributed by atoms with E-state index in [1.54, 1.807) is 0 Å². The van der Waals surface area contributed by atoms with Crippen LogP contribution in [0.5, 0.6) is 0 Å². The minimum atomic E-state index is -0.0368. The summed E-state index contributed by atoms with van der Waals surface area (Å²) in [5, 5.41) is 5.99. The zero-order chi connectivity index (χ0) is 18.8. The van der Waals surface area contributed by atoms with Gasteiger partial charge in [-0.15, -0.1) is 0 Å². The molecule has 0 bridgehead atoms. The number of aliphatic imine (C=N–C) groups is 1. The summed E-state index contributed by atoms with van der Waals surface area (Å²) in [4.78, 5) is 16.3. The third kappa shape index (κ3) is 6.24. The van der Waals surface area contributed by atoms with Gasteiger partial charge in [-0.3, -0.25) is 4.79 Å². The molecule has 5 nitrogen and oxygen atoms in total. The molecule has 0 fully saturated rings. The Morgan fingerprint density at radius 3 is 2.27 bits per heavy atom. The molecule has 0 unspecified atom stereocenters. The van der Waals surface area contributed by atoms with Crippen molar-refractivity contribution in [1.82, 2.24) is 5.32 Å². The molecule has 1 amide bonds. The van der Waals surface area contributed by atoms with E-state index in [1.807, 2.05) is 36.4 Å². The van der Waals surface area contributed by atoms with Crippen molar-refractivity contribution >= 4 is 17.6 Å². The average Bonchev–Trinajstić information content (AvgIpc) is 2.67. The Labute approximate surface area is 155 Å². The fourth-order valence-corrected chi connectivity index (χ4v) is 2.43. The molecule has 0 aliphatic heterocycles. The average molecular weight is 352 g/mol. The molecule has 0 aromatic heterocycles. The topological polar surface area (TPSA) is 79.5 Å². The van der Waals surface area contributed by atoms with Gasteiger partial charge in [0, 0.05) is 17.8 Å². The van der Waals surface area contributed by atoms with E-state index in [0.29, 0.717) is 24.6 Å². The Morgan fingerprint density at radius 2 is 1.65 bits per heavy atom. The number of guanidine groups is 1. The normalized spacial score (nSPS) is 11.2. The van der Waals surface area contributed by atoms with Gasteiger partial charge in [0.2, 0.25) is 0 Å². The predicted molar refractivity (Wildman–Crippen MR) is 108 cm³/mol. The van der Waals surface area contributed by atoms with E-state index in [1.165, 1.54) is 5.56 Å². The largest absolute Gasteiger partial charge is 0.370 e. The molecule has 5 heteroatoms. The molecule has 2 rings (SSSR count). The van der Waals surface area contributed by atoms with Crippen molar-refractivity contribution in [2.75, 3.05) is 11.9 Å². The van der Waals surface area contributed by atoms with Gasteiger partial charge in [-0.2, -0.15) is 0 Å². The molecule has 2 aromatic rings. The number of carbonyl (C=O) groups excluding carboxylic acids is 1. The Kier molecular flexibility index (Phi) is 7.68. The molecule has 0 aliphatic carbocycles. The highest BCUT2D eigenvalue weighted by Crippen LogP contribution is 2.10. The molecule has 4 N–H and O–H groups in total. The van der Waals surface area contributed by atoms with Crippen molar-refractivity contribution in [3.05, 3.63) is 65.2 Å². The van der Waals surface area contributed by atoms with E-state index in [9.17, 15) is 4.79 Å². The number of hydrogen-bond acceptors (Lipinski definition) is 2. The van der Waals surface area contributed by atoms with Crippen LogP contribution in [-0.2, 0) is 13.0 Å². The summed E-state index contributed by atoms with van der Waals surface area (Å²) in [7, 11) is 0. The first kappa shape index (κ1) is 19.5. The van der Waals surface area contributed by atoms with Gasteiger partial charge >= 0.3 is 0 Å². The molecular formula is C21H28N4O. The Hall–Kier alpha value is -2.82. The molecule has 0 saturated carbocycles. The number of aryl methyl sites for hydroxylation is 1. The lowest BCUT2D eigenvalue weighted by Crippen LogP contribution is -2.24. The lowest BCUT2D eigenvalue weighted by Gasteiger charge is -2.07. The summed E-state index contributed by atoms with van der Waals surface area (Å²) < 4.78 is 0. The van der Waals surface area contributed by atoms with E-state index < -0.39 is 0 Å². The number of benzene rings is 2. The molecular weight excluding hydrogens is 324 g/mol. The third-order valence-corrected chi connectivity index (χ3v) is 4.10. The van der Waals surface area contributed by atoms with E-state index in [2.05, 4.69) is 41.6 Å². The summed E-state index contributed by atoms with van der Waals surface area (Å²) in [6.07, 6.45) is 3.07. The van der Waals surface area contributed by atoms with Gasteiger partial charge in [-0.25, -0.2) is 4.99 Å². The van der Waals surface area contributed by atoms with Crippen molar-refractivity contribution < 1.29 is 4.79 Å². The quantitative estimate of drug-likeness (QED) is 0.385. The molecule has 2 aromatic carbocycles. The van der Waals surface area contributed by atoms with Crippen LogP contribution in [0.3, 0.4) is 0 Å². The Bertz CT molecular complexity index is 721. The van der Waals surface area contributed by atoms with E-state index in [4.69, 9.17) is 5.73 Å². The maximum absolute atomic E-state index is 12.0. The van der Waals surface area contributed by atoms with Crippen LogP contribution in [0.2, 0.25) is 0 Å². The number of anilines is 1. The van der Waals surface area contributed by atoms with Gasteiger partial charge in [0.15, 0.2) is 5.96 Å². The summed E-state index contributed by atoms with van der Waals surface area (Å²) in [5.74, 6) is 0.334. The van der Waals surface area contributed by atoms with Gasteiger partial charge in [0.25, 0.3) is 5.91 Å². The monoisotopic (exact) mass is 352 g/mol. The number of hydrogen-bond donors (Lipinski definition) is 3. The number of carbonyl (C=O) groups is 1. The standard InChI is InChI=1S/C21H28N4O/c1-3-5-14-23-20(26)18-10-6-17(7-11-18)15-24-21(22)25-19-12-8-16(4-2)9-13-19/h6-13H,3-5,14-15H2,1-2H3,(H,23,26)(H3,22,24,25). The van der Waals surface area contributed by atoms with Crippen LogP contribution in [0.15, 0.2) is 53.5 Å². The van der Waals surface area contributed by atoms with Crippen molar-refractivity contribution in [3.8, 4) is 0 Å². The molecule has 0 radical (unpaired) electrons. The van der Waals surface area contributed by atoms with Crippen molar-refractivity contribution in [2.45, 2.75) is 39.7 Å². The van der Waals surface area contributed by atoms with Crippen LogP contribution in [0, 0.1) is 0 Å². The molecule has 0 spiro atoms. The second kappa shape index (κ2) is 10.2. The van der Waals surface area contributed by atoms with Gasteiger partial charge in [0.05, 0.1) is 6.54 Å². The Morgan fingerprint density at radius 1 is 1.00 bits per heavy atom. The minimum Gasteiger partial charge on any atom is -0.370 e. The smallest absolute Gasteiger partial charge is 0.251 e. The lowest BCUT2D eigenvalue weighted by atomic mass is 10.1. The fourth-order valence-electron chi connectivity index (χ4n) is 2.43. The van der Waals surface area contributed by atoms with Gasteiger partial charge < -0.3 is 16.4 Å². The van der Waals surface area contributed by atoms with Crippen molar-refractivity contribution in [1.29, 1.82) is 0 Å². The second-order valence-corrected chi connectivity index (χ2v) is 6.18. The number of nitrogens with zero attached hydrogens (tertiary/aromatic N) is 1. The maximum Gasteiger partial charge on any atom is 0.251 e. The van der Waals surface area contributed by atoms with Crippen molar-refractivity contribution in [3.63, 3.8) is 0 Å². The van der Waals surface area contributed by atoms with Crippen LogP contribution in [-0.4, -0.2) is 18.4 Å². The molecule has 138 valence electrons. The van der Waals surface area contributed by atoms with Crippen LogP contribution < -0.4 is 16.4 Å². The van der Waals surface area contributed by atoms with Gasteiger partial charge in [0.1, 0.15) is 0 Å². The molecule has 0 aliphatic rings. The number of nitrogens with two attached hydrogens (primary N) is 1. The van der Waals surface area contributed by atoms with Gasteiger partial charge in [-0.1, -0.05) is 44.5 Å². The highest BCUT2D eigenvalue weighted by Gasteiger charge is 2.04. The van der Waals surface area contributed by atoms with Gasteiger partial charge in [-0.05, 0) is 48.2 Å². The minimum absolute atomic E-state index is 0.0368. The number of nitrogens with one attached hydrogen (secondary N) is 2. The summed E-state index contributed by atoms with van der Waals surface area (Å²) in [5.41, 5.74) is 9.81. The second-order valence-electron chi connectivity index (χ2n) is 6.18. The lowest BCUT2D eigenvalue weighted by molar-refractivity contribution is 0.0953. The number of rotatable bonds is 8. The van der Waals surface area contributed by atoms with Crippen LogP contribution >= 0.6 is 0 Å². The van der Waals surface area contributed by atoms with E-state index in [-0.39, 0.29) is 5.91 Å². The number of amides is 1. The zero-order valence-electron chi connectivity index (χ0n) is 15.6. The van der Waals surface area contributed by atoms with Crippen LogP contribution in [0.4, 0.5) is 5.69 Å². The van der Waals surface area contributed by atoms with Crippen molar-refractivity contribution in [2.24, 2.45) is 10.7 Å². The molecule has 0 saturated heterocycles. The molecule has 0 heterocycles. The van der Waals surface area contributed by atoms with E-state index in [0.717, 1.165) is 30.5 Å². The first-order valence-corrected chi connectivity index (χ1v) is 9.15. The fraction of sp³-hybridized carbons (Fsp3) is 0.333. The summed E-state index contributed by atoms with van der Waals surface area (Å²) in [6, 6.07) is 15.6. The maximum atomic E-state index is 12.0. The molecule has 0 atom stereocenters. The zero-order valence-corrected chi connectivity index (χ0v) is 15.6. The predicted octanol–water partition coefficient (Wildman–Crippen LogP) is 3.71. The summed E-state index contributed by atoms with van der Waals surface area (Å²) >= 11 is 0. The highest BCUT2D eigenvalue weighted by molar-refractivity contribution is 5.94. The first-order chi connectivity index (χ1) is 12.6. The van der Waals surface area contributed by atoms with Crippen LogP contribution in [0.1, 0.15) is 48.2 Å². The summed E-state index contributed by atoms with van der Waals surface area (Å²) in [6.45, 7) is 5.40. The highest BCUT2D eigenvalue weighted by atomic mass is 16.1. The van der Waals surface area contributed by atoms with E-state index >= 15 is 0 Å².